The van der Waals surface area contributed by atoms with Gasteiger partial charge in [0, 0.05) is 32.2 Å². The number of benzene rings is 1. The fourth-order valence-electron chi connectivity index (χ4n) is 4.19. The molecule has 0 amide bonds. The predicted octanol–water partition coefficient (Wildman–Crippen LogP) is 3.44. The van der Waals surface area contributed by atoms with E-state index in [1.807, 2.05) is 0 Å². The molecule has 1 saturated carbocycles. The maximum absolute atomic E-state index is 10.5. The van der Waals surface area contributed by atoms with Crippen LogP contribution in [0.2, 0.25) is 0 Å². The summed E-state index contributed by atoms with van der Waals surface area (Å²) in [5, 5.41) is 17.5. The molecule has 158 valence electrons. The molecule has 0 unspecified atom stereocenters. The van der Waals surface area contributed by atoms with Gasteiger partial charge in [-0.2, -0.15) is 0 Å². The highest BCUT2D eigenvalue weighted by Crippen LogP contribution is 2.29. The number of aryl methyl sites for hydroxylation is 1. The predicted molar refractivity (Wildman–Crippen MR) is 127 cm³/mol. The summed E-state index contributed by atoms with van der Waals surface area (Å²) in [5.74, 6) is 0.857. The summed E-state index contributed by atoms with van der Waals surface area (Å²) in [4.78, 5) is 7.24. The highest BCUT2D eigenvalue weighted by Gasteiger charge is 2.31. The highest BCUT2D eigenvalue weighted by atomic mass is 127. The van der Waals surface area contributed by atoms with E-state index in [4.69, 9.17) is 4.99 Å². The molecule has 0 aromatic heterocycles. The third-order valence-corrected chi connectivity index (χ3v) is 5.99. The van der Waals surface area contributed by atoms with Crippen LogP contribution in [-0.2, 0) is 6.54 Å². The molecule has 1 aliphatic heterocycles. The van der Waals surface area contributed by atoms with Gasteiger partial charge in [0.1, 0.15) is 0 Å². The van der Waals surface area contributed by atoms with E-state index < -0.39 is 5.60 Å². The fraction of sp³-hybridized carbons (Fsp3) is 0.682. The van der Waals surface area contributed by atoms with Gasteiger partial charge in [-0.25, -0.2) is 0 Å². The van der Waals surface area contributed by atoms with Crippen molar-refractivity contribution in [3.8, 4) is 0 Å². The molecule has 3 rings (SSSR count). The standard InChI is InChI=1S/C22H36N4O.HI/c1-3-23-21(24-17-22(27)12-6-7-13-22)25-20-10-14-26(15-11-20)16-19-9-5-4-8-18(19)2;/h4-5,8-9,20,27H,3,6-7,10-17H2,1-2H3,(H2,23,24,25);1H. The van der Waals surface area contributed by atoms with Crippen LogP contribution in [0.5, 0.6) is 0 Å². The van der Waals surface area contributed by atoms with Crippen LogP contribution in [0.15, 0.2) is 29.3 Å². The summed E-state index contributed by atoms with van der Waals surface area (Å²) >= 11 is 0. The number of piperidine rings is 1. The van der Waals surface area contributed by atoms with Gasteiger partial charge in [-0.15, -0.1) is 24.0 Å². The van der Waals surface area contributed by atoms with Gasteiger partial charge in [0.15, 0.2) is 5.96 Å². The van der Waals surface area contributed by atoms with Crippen LogP contribution in [0.3, 0.4) is 0 Å². The van der Waals surface area contributed by atoms with E-state index in [9.17, 15) is 5.11 Å². The molecule has 2 aliphatic rings. The van der Waals surface area contributed by atoms with Crippen molar-refractivity contribution in [3.05, 3.63) is 35.4 Å². The van der Waals surface area contributed by atoms with Gasteiger partial charge in [-0.3, -0.25) is 9.89 Å². The molecule has 1 heterocycles. The first-order valence-corrected chi connectivity index (χ1v) is 10.6. The third-order valence-electron chi connectivity index (χ3n) is 5.99. The number of hydrogen-bond acceptors (Lipinski definition) is 3. The molecule has 1 aromatic rings. The van der Waals surface area contributed by atoms with E-state index in [-0.39, 0.29) is 24.0 Å². The number of likely N-dealkylation sites (tertiary alicyclic amines) is 1. The number of aliphatic hydroxyl groups is 1. The topological polar surface area (TPSA) is 59.9 Å². The Hall–Kier alpha value is -0.860. The zero-order valence-electron chi connectivity index (χ0n) is 17.4. The van der Waals surface area contributed by atoms with E-state index in [0.717, 1.165) is 70.7 Å². The molecule has 1 aliphatic carbocycles. The van der Waals surface area contributed by atoms with Crippen molar-refractivity contribution in [1.29, 1.82) is 0 Å². The minimum atomic E-state index is -0.584. The Kier molecular flexibility index (Phi) is 9.50. The first-order chi connectivity index (χ1) is 13.1. The zero-order valence-corrected chi connectivity index (χ0v) is 19.7. The highest BCUT2D eigenvalue weighted by molar-refractivity contribution is 14.0. The van der Waals surface area contributed by atoms with E-state index in [1.54, 1.807) is 0 Å². The lowest BCUT2D eigenvalue weighted by molar-refractivity contribution is 0.0573. The molecule has 1 saturated heterocycles. The average molecular weight is 500 g/mol. The fourth-order valence-corrected chi connectivity index (χ4v) is 4.19. The zero-order chi connectivity index (χ0) is 19.1. The van der Waals surface area contributed by atoms with Crippen LogP contribution in [0, 0.1) is 6.92 Å². The lowest BCUT2D eigenvalue weighted by Gasteiger charge is -2.33. The molecule has 1 aromatic carbocycles. The molecule has 3 N–H and O–H groups in total. The number of nitrogens with zero attached hydrogens (tertiary/aromatic N) is 2. The summed E-state index contributed by atoms with van der Waals surface area (Å²) < 4.78 is 0. The molecule has 0 spiro atoms. The van der Waals surface area contributed by atoms with Crippen molar-refractivity contribution in [1.82, 2.24) is 15.5 Å². The summed E-state index contributed by atoms with van der Waals surface area (Å²) in [6.07, 6.45) is 6.26. The van der Waals surface area contributed by atoms with Crippen molar-refractivity contribution in [2.75, 3.05) is 26.2 Å². The van der Waals surface area contributed by atoms with Crippen LogP contribution >= 0.6 is 24.0 Å². The number of nitrogens with one attached hydrogen (secondary N) is 2. The number of aliphatic imine (C=N–C) groups is 1. The number of rotatable bonds is 6. The minimum absolute atomic E-state index is 0. The molecular formula is C22H37IN4O. The maximum atomic E-state index is 10.5. The molecular weight excluding hydrogens is 463 g/mol. The normalized spacial score (nSPS) is 20.6. The smallest absolute Gasteiger partial charge is 0.191 e. The Bertz CT molecular complexity index is 623. The molecule has 5 nitrogen and oxygen atoms in total. The number of halogens is 1. The Labute approximate surface area is 187 Å². The second-order valence-electron chi connectivity index (χ2n) is 8.25. The largest absolute Gasteiger partial charge is 0.388 e. The molecule has 0 radical (unpaired) electrons. The van der Waals surface area contributed by atoms with Crippen LogP contribution in [-0.4, -0.2) is 53.8 Å². The number of hydrogen-bond donors (Lipinski definition) is 3. The minimum Gasteiger partial charge on any atom is -0.388 e. The average Bonchev–Trinajstić information content (AvgIpc) is 3.10. The lowest BCUT2D eigenvalue weighted by Crippen LogP contribution is -2.49. The molecule has 0 bridgehead atoms. The van der Waals surface area contributed by atoms with Crippen molar-refractivity contribution < 1.29 is 5.11 Å². The summed E-state index contributed by atoms with van der Waals surface area (Å²) in [5.41, 5.74) is 2.23. The maximum Gasteiger partial charge on any atom is 0.191 e. The van der Waals surface area contributed by atoms with E-state index in [2.05, 4.69) is 53.6 Å². The second kappa shape index (κ2) is 11.4. The summed E-state index contributed by atoms with van der Waals surface area (Å²) in [7, 11) is 0. The van der Waals surface area contributed by atoms with Gasteiger partial charge in [-0.05, 0) is 50.7 Å². The first-order valence-electron chi connectivity index (χ1n) is 10.6. The van der Waals surface area contributed by atoms with Gasteiger partial charge in [-0.1, -0.05) is 37.1 Å². The van der Waals surface area contributed by atoms with E-state index >= 15 is 0 Å². The second-order valence-corrected chi connectivity index (χ2v) is 8.25. The monoisotopic (exact) mass is 500 g/mol. The molecule has 28 heavy (non-hydrogen) atoms. The van der Waals surface area contributed by atoms with Crippen molar-refractivity contribution in [2.24, 2.45) is 4.99 Å². The van der Waals surface area contributed by atoms with Gasteiger partial charge in [0.05, 0.1) is 12.1 Å². The quantitative estimate of drug-likeness (QED) is 0.318. The van der Waals surface area contributed by atoms with Crippen molar-refractivity contribution in [3.63, 3.8) is 0 Å². The third kappa shape index (κ3) is 6.88. The Morgan fingerprint density at radius 3 is 2.54 bits per heavy atom. The van der Waals surface area contributed by atoms with Crippen molar-refractivity contribution in [2.45, 2.75) is 70.6 Å². The molecule has 6 heteroatoms. The SMILES string of the molecule is CCNC(=NCC1(O)CCCC1)NC1CCN(Cc2ccccc2C)CC1.I. The number of guanidine groups is 1. The van der Waals surface area contributed by atoms with Gasteiger partial charge in [0.25, 0.3) is 0 Å². The van der Waals surface area contributed by atoms with Gasteiger partial charge >= 0.3 is 0 Å². The van der Waals surface area contributed by atoms with Crippen molar-refractivity contribution >= 4 is 29.9 Å². The van der Waals surface area contributed by atoms with E-state index in [0.29, 0.717) is 12.6 Å². The Morgan fingerprint density at radius 1 is 1.21 bits per heavy atom. The molecule has 2 fully saturated rings. The van der Waals surface area contributed by atoms with E-state index in [1.165, 1.54) is 11.1 Å². The Balaban J connectivity index is 0.00000280. The summed E-state index contributed by atoms with van der Waals surface area (Å²) in [6, 6.07) is 9.13. The van der Waals surface area contributed by atoms with Crippen LogP contribution in [0.1, 0.15) is 56.6 Å². The Morgan fingerprint density at radius 2 is 1.89 bits per heavy atom. The first kappa shape index (κ1) is 23.4. The van der Waals surface area contributed by atoms with Crippen LogP contribution in [0.25, 0.3) is 0 Å². The van der Waals surface area contributed by atoms with Crippen LogP contribution in [0.4, 0.5) is 0 Å². The van der Waals surface area contributed by atoms with Gasteiger partial charge in [0.2, 0.25) is 0 Å². The molecule has 0 atom stereocenters. The lowest BCUT2D eigenvalue weighted by atomic mass is 10.0. The summed E-state index contributed by atoms with van der Waals surface area (Å²) in [6.45, 7) is 8.89. The van der Waals surface area contributed by atoms with Crippen LogP contribution < -0.4 is 10.6 Å². The van der Waals surface area contributed by atoms with Gasteiger partial charge < -0.3 is 15.7 Å².